The lowest BCUT2D eigenvalue weighted by atomic mass is 10.2. The van der Waals surface area contributed by atoms with E-state index < -0.39 is 0 Å². The van der Waals surface area contributed by atoms with Gasteiger partial charge >= 0.3 is 0 Å². The average Bonchev–Trinajstić information content (AvgIpc) is 3.11. The predicted molar refractivity (Wildman–Crippen MR) is 117 cm³/mol. The predicted octanol–water partition coefficient (Wildman–Crippen LogP) is 0.512. The molecule has 0 saturated heterocycles. The molecule has 3 rings (SSSR count). The summed E-state index contributed by atoms with van der Waals surface area (Å²) < 4.78 is 2.95. The summed E-state index contributed by atoms with van der Waals surface area (Å²) in [5.74, 6) is 1.55. The molecule has 0 saturated carbocycles. The lowest BCUT2D eigenvalue weighted by molar-refractivity contribution is -0.897. The Balaban J connectivity index is 0.00000300. The third kappa shape index (κ3) is 6.16. The summed E-state index contributed by atoms with van der Waals surface area (Å²) in [7, 11) is 0. The largest absolute Gasteiger partial charge is 1.00 e. The van der Waals surface area contributed by atoms with Crippen molar-refractivity contribution in [3.8, 4) is 17.1 Å². The summed E-state index contributed by atoms with van der Waals surface area (Å²) in [4.78, 5) is 6.20. The molecule has 0 atom stereocenters. The maximum absolute atomic E-state index is 10.3. The SMILES string of the molecule is CC[NH+](CC)CCn1nc(/C=C/c2ccc(Br)cc2)nc1-c1ccccc1O.[Cl-]. The van der Waals surface area contributed by atoms with E-state index in [0.29, 0.717) is 17.2 Å². The number of phenols is 1. The number of nitrogens with one attached hydrogen (secondary N) is 1. The first-order valence-electron chi connectivity index (χ1n) is 9.61. The Morgan fingerprint density at radius 2 is 1.72 bits per heavy atom. The standard InChI is InChI=1S/C22H25BrN4O.ClH/c1-3-26(4-2)15-16-27-22(19-7-5-6-8-20(19)28)24-21(25-27)14-11-17-9-12-18(23)13-10-17;/h5-14,28H,3-4,15-16H2,1-2H3;1H/b14-11+;. The molecule has 0 bridgehead atoms. The monoisotopic (exact) mass is 476 g/mol. The molecule has 0 aliphatic rings. The quantitative estimate of drug-likeness (QED) is 0.497. The molecule has 2 N–H and O–H groups in total. The molecule has 0 fully saturated rings. The van der Waals surface area contributed by atoms with E-state index in [0.717, 1.165) is 36.2 Å². The van der Waals surface area contributed by atoms with Gasteiger partial charge in [0.2, 0.25) is 0 Å². The molecular weight excluding hydrogens is 452 g/mol. The molecular formula is C22H26BrClN4O. The van der Waals surface area contributed by atoms with E-state index in [-0.39, 0.29) is 18.2 Å². The second kappa shape index (κ2) is 11.1. The zero-order chi connectivity index (χ0) is 19.9. The Labute approximate surface area is 186 Å². The zero-order valence-electron chi connectivity index (χ0n) is 16.6. The summed E-state index contributed by atoms with van der Waals surface area (Å²) in [6, 6.07) is 15.4. The maximum atomic E-state index is 10.3. The fourth-order valence-corrected chi connectivity index (χ4v) is 3.32. The molecule has 0 aliphatic heterocycles. The minimum Gasteiger partial charge on any atom is -1.00 e. The molecule has 0 amide bonds. The number of rotatable bonds is 8. The van der Waals surface area contributed by atoms with Gasteiger partial charge in [-0.25, -0.2) is 9.67 Å². The van der Waals surface area contributed by atoms with Crippen molar-refractivity contribution >= 4 is 28.1 Å². The van der Waals surface area contributed by atoms with Crippen molar-refractivity contribution in [1.82, 2.24) is 14.8 Å². The van der Waals surface area contributed by atoms with Crippen molar-refractivity contribution in [1.29, 1.82) is 0 Å². The van der Waals surface area contributed by atoms with Crippen LogP contribution in [0.1, 0.15) is 25.2 Å². The number of para-hydroxylation sites is 1. The normalized spacial score (nSPS) is 11.2. The number of hydrogen-bond donors (Lipinski definition) is 2. The topological polar surface area (TPSA) is 55.4 Å². The number of halogens is 2. The molecule has 0 radical (unpaired) electrons. The number of phenolic OH excluding ortho intramolecular Hbond substituents is 1. The molecule has 0 aliphatic carbocycles. The number of aromatic nitrogens is 3. The van der Waals surface area contributed by atoms with Crippen LogP contribution in [0.4, 0.5) is 0 Å². The van der Waals surface area contributed by atoms with Crippen LogP contribution in [0, 0.1) is 0 Å². The fourth-order valence-electron chi connectivity index (χ4n) is 3.06. The summed E-state index contributed by atoms with van der Waals surface area (Å²) in [5, 5.41) is 15.0. The minimum atomic E-state index is 0. The van der Waals surface area contributed by atoms with Crippen LogP contribution < -0.4 is 17.3 Å². The summed E-state index contributed by atoms with van der Waals surface area (Å²) >= 11 is 3.45. The van der Waals surface area contributed by atoms with E-state index in [4.69, 9.17) is 4.98 Å². The van der Waals surface area contributed by atoms with Crippen LogP contribution in [-0.2, 0) is 6.54 Å². The van der Waals surface area contributed by atoms with Gasteiger partial charge in [0.1, 0.15) is 5.75 Å². The van der Waals surface area contributed by atoms with Crippen molar-refractivity contribution in [2.45, 2.75) is 20.4 Å². The second-order valence-electron chi connectivity index (χ2n) is 6.63. The molecule has 3 aromatic rings. The molecule has 5 nitrogen and oxygen atoms in total. The van der Waals surface area contributed by atoms with Crippen molar-refractivity contribution in [2.75, 3.05) is 19.6 Å². The van der Waals surface area contributed by atoms with Gasteiger partial charge in [-0.2, -0.15) is 5.10 Å². The molecule has 154 valence electrons. The number of benzene rings is 2. The van der Waals surface area contributed by atoms with Crippen LogP contribution in [0.15, 0.2) is 53.0 Å². The molecule has 2 aromatic carbocycles. The number of hydrogen-bond acceptors (Lipinski definition) is 3. The summed E-state index contributed by atoms with van der Waals surface area (Å²) in [6.45, 7) is 8.25. The molecule has 0 unspecified atom stereocenters. The van der Waals surface area contributed by atoms with E-state index in [1.807, 2.05) is 59.3 Å². The molecule has 0 spiro atoms. The Bertz CT molecular complexity index is 936. The first-order valence-corrected chi connectivity index (χ1v) is 10.4. The van der Waals surface area contributed by atoms with E-state index in [9.17, 15) is 5.11 Å². The molecule has 7 heteroatoms. The summed E-state index contributed by atoms with van der Waals surface area (Å²) in [5.41, 5.74) is 1.78. The minimum absolute atomic E-state index is 0. The highest BCUT2D eigenvalue weighted by Gasteiger charge is 2.15. The van der Waals surface area contributed by atoms with Gasteiger partial charge in [-0.15, -0.1) is 0 Å². The molecule has 1 aromatic heterocycles. The lowest BCUT2D eigenvalue weighted by Gasteiger charge is -2.15. The first kappa shape index (κ1) is 23.1. The van der Waals surface area contributed by atoms with Crippen LogP contribution in [0.5, 0.6) is 5.75 Å². The highest BCUT2D eigenvalue weighted by molar-refractivity contribution is 9.10. The highest BCUT2D eigenvalue weighted by atomic mass is 79.9. The van der Waals surface area contributed by atoms with Gasteiger partial charge < -0.3 is 22.4 Å². The summed E-state index contributed by atoms with van der Waals surface area (Å²) in [6.07, 6.45) is 3.91. The fraction of sp³-hybridized carbons (Fsp3) is 0.273. The Morgan fingerprint density at radius 3 is 2.38 bits per heavy atom. The van der Waals surface area contributed by atoms with Crippen LogP contribution in [0.2, 0.25) is 0 Å². The number of quaternary nitrogens is 1. The molecule has 29 heavy (non-hydrogen) atoms. The Morgan fingerprint density at radius 1 is 1.03 bits per heavy atom. The third-order valence-electron chi connectivity index (χ3n) is 4.81. The second-order valence-corrected chi connectivity index (χ2v) is 7.54. The number of nitrogens with zero attached hydrogens (tertiary/aromatic N) is 3. The van der Waals surface area contributed by atoms with Gasteiger partial charge in [0, 0.05) is 4.47 Å². The third-order valence-corrected chi connectivity index (χ3v) is 5.33. The van der Waals surface area contributed by atoms with Crippen LogP contribution >= 0.6 is 15.9 Å². The zero-order valence-corrected chi connectivity index (χ0v) is 19.0. The van der Waals surface area contributed by atoms with Crippen molar-refractivity contribution in [2.24, 2.45) is 0 Å². The lowest BCUT2D eigenvalue weighted by Crippen LogP contribution is -3.11. The highest BCUT2D eigenvalue weighted by Crippen LogP contribution is 2.27. The van der Waals surface area contributed by atoms with E-state index in [1.54, 1.807) is 6.07 Å². The van der Waals surface area contributed by atoms with Gasteiger partial charge in [-0.05, 0) is 49.8 Å². The van der Waals surface area contributed by atoms with Gasteiger partial charge in [0.25, 0.3) is 0 Å². The Kier molecular flexibility index (Phi) is 8.89. The van der Waals surface area contributed by atoms with Crippen LogP contribution in [-0.4, -0.2) is 39.5 Å². The van der Waals surface area contributed by atoms with Gasteiger partial charge in [-0.1, -0.05) is 46.3 Å². The van der Waals surface area contributed by atoms with Crippen molar-refractivity contribution in [3.63, 3.8) is 0 Å². The van der Waals surface area contributed by atoms with Crippen LogP contribution in [0.3, 0.4) is 0 Å². The van der Waals surface area contributed by atoms with Gasteiger partial charge in [0.15, 0.2) is 11.6 Å². The van der Waals surface area contributed by atoms with Crippen molar-refractivity contribution in [3.05, 3.63) is 64.4 Å². The number of aromatic hydroxyl groups is 1. The van der Waals surface area contributed by atoms with Crippen molar-refractivity contribution < 1.29 is 22.4 Å². The van der Waals surface area contributed by atoms with Gasteiger partial charge in [-0.3, -0.25) is 0 Å². The maximum Gasteiger partial charge on any atom is 0.174 e. The van der Waals surface area contributed by atoms with E-state index in [2.05, 4.69) is 34.9 Å². The number of likely N-dealkylation sites (N-methyl/N-ethyl adjacent to an activating group) is 1. The smallest absolute Gasteiger partial charge is 0.174 e. The van der Waals surface area contributed by atoms with E-state index >= 15 is 0 Å². The van der Waals surface area contributed by atoms with Crippen LogP contribution in [0.25, 0.3) is 23.5 Å². The van der Waals surface area contributed by atoms with Gasteiger partial charge in [0.05, 0.1) is 31.7 Å². The first-order chi connectivity index (χ1) is 13.6. The Hall–Kier alpha value is -2.15. The average molecular weight is 478 g/mol. The van der Waals surface area contributed by atoms with E-state index in [1.165, 1.54) is 4.90 Å². The molecule has 1 heterocycles.